The van der Waals surface area contributed by atoms with E-state index >= 15 is 0 Å². The summed E-state index contributed by atoms with van der Waals surface area (Å²) in [7, 11) is -3.59. The number of nitrogens with zero attached hydrogens (tertiary/aromatic N) is 1. The van der Waals surface area contributed by atoms with Gasteiger partial charge in [-0.15, -0.1) is 0 Å². The summed E-state index contributed by atoms with van der Waals surface area (Å²) in [6.07, 6.45) is 0.0170. The Balaban J connectivity index is 2.14. The SMILES string of the molecule is CC1CN(C(=O)c2ccc(S(=O)(=O)NC(C)(C)C)cc2)CCO1. The first-order chi connectivity index (χ1) is 10.6. The van der Waals surface area contributed by atoms with Gasteiger partial charge in [0.1, 0.15) is 0 Å². The minimum absolute atomic E-state index is 0.0170. The van der Waals surface area contributed by atoms with Gasteiger partial charge < -0.3 is 9.64 Å². The van der Waals surface area contributed by atoms with E-state index in [-0.39, 0.29) is 16.9 Å². The molecule has 7 heteroatoms. The molecule has 0 bridgehead atoms. The van der Waals surface area contributed by atoms with Crippen LogP contribution in [0.2, 0.25) is 0 Å². The quantitative estimate of drug-likeness (QED) is 0.907. The van der Waals surface area contributed by atoms with E-state index in [1.165, 1.54) is 12.1 Å². The van der Waals surface area contributed by atoms with Crippen molar-refractivity contribution in [2.75, 3.05) is 19.7 Å². The minimum Gasteiger partial charge on any atom is -0.375 e. The van der Waals surface area contributed by atoms with Crippen molar-refractivity contribution < 1.29 is 17.9 Å². The maximum atomic E-state index is 12.4. The number of nitrogens with one attached hydrogen (secondary N) is 1. The van der Waals surface area contributed by atoms with Crippen molar-refractivity contribution in [1.82, 2.24) is 9.62 Å². The van der Waals surface area contributed by atoms with Gasteiger partial charge in [-0.1, -0.05) is 0 Å². The van der Waals surface area contributed by atoms with Crippen LogP contribution in [-0.4, -0.2) is 50.6 Å². The topological polar surface area (TPSA) is 75.7 Å². The lowest BCUT2D eigenvalue weighted by Gasteiger charge is -2.31. The number of sulfonamides is 1. The van der Waals surface area contributed by atoms with Gasteiger partial charge in [-0.2, -0.15) is 0 Å². The summed E-state index contributed by atoms with van der Waals surface area (Å²) >= 11 is 0. The zero-order chi connectivity index (χ0) is 17.3. The van der Waals surface area contributed by atoms with Crippen molar-refractivity contribution in [2.24, 2.45) is 0 Å². The van der Waals surface area contributed by atoms with Crippen molar-refractivity contribution in [3.63, 3.8) is 0 Å². The number of carbonyl (C=O) groups excluding carboxylic acids is 1. The van der Waals surface area contributed by atoms with Crippen molar-refractivity contribution in [3.8, 4) is 0 Å². The average molecular weight is 340 g/mol. The highest BCUT2D eigenvalue weighted by molar-refractivity contribution is 7.89. The highest BCUT2D eigenvalue weighted by Crippen LogP contribution is 2.16. The lowest BCUT2D eigenvalue weighted by Crippen LogP contribution is -2.44. The van der Waals surface area contributed by atoms with Crippen molar-refractivity contribution in [3.05, 3.63) is 29.8 Å². The molecule has 1 amide bonds. The van der Waals surface area contributed by atoms with Crippen LogP contribution in [0.25, 0.3) is 0 Å². The summed E-state index contributed by atoms with van der Waals surface area (Å²) in [5, 5.41) is 0. The fourth-order valence-corrected chi connectivity index (χ4v) is 3.84. The van der Waals surface area contributed by atoms with Gasteiger partial charge in [0.2, 0.25) is 10.0 Å². The molecule has 1 aliphatic rings. The predicted octanol–water partition coefficient (Wildman–Crippen LogP) is 1.62. The van der Waals surface area contributed by atoms with E-state index in [0.717, 1.165) is 0 Å². The van der Waals surface area contributed by atoms with Crippen LogP contribution in [0.1, 0.15) is 38.1 Å². The Morgan fingerprint density at radius 2 is 1.87 bits per heavy atom. The van der Waals surface area contributed by atoms with E-state index < -0.39 is 15.6 Å². The Morgan fingerprint density at radius 3 is 2.39 bits per heavy atom. The lowest BCUT2D eigenvalue weighted by atomic mass is 10.1. The number of ether oxygens (including phenoxy) is 1. The standard InChI is InChI=1S/C16H24N2O4S/c1-12-11-18(9-10-22-12)15(19)13-5-7-14(8-6-13)23(20,21)17-16(2,3)4/h5-8,12,17H,9-11H2,1-4H3. The van der Waals surface area contributed by atoms with E-state index in [9.17, 15) is 13.2 Å². The van der Waals surface area contributed by atoms with Crippen LogP contribution in [0, 0.1) is 0 Å². The predicted molar refractivity (Wildman–Crippen MR) is 87.8 cm³/mol. The minimum atomic E-state index is -3.59. The maximum Gasteiger partial charge on any atom is 0.254 e. The van der Waals surface area contributed by atoms with Crippen LogP contribution in [0.5, 0.6) is 0 Å². The zero-order valence-electron chi connectivity index (χ0n) is 14.0. The number of amides is 1. The Kier molecular flexibility index (Phi) is 5.13. The summed E-state index contributed by atoms with van der Waals surface area (Å²) in [6, 6.07) is 6.04. The van der Waals surface area contributed by atoms with E-state index in [0.29, 0.717) is 25.3 Å². The van der Waals surface area contributed by atoms with Gasteiger partial charge in [0.25, 0.3) is 5.91 Å². The maximum absolute atomic E-state index is 12.4. The molecule has 1 saturated heterocycles. The number of rotatable bonds is 3. The van der Waals surface area contributed by atoms with Crippen LogP contribution >= 0.6 is 0 Å². The van der Waals surface area contributed by atoms with Crippen molar-refractivity contribution in [2.45, 2.75) is 44.2 Å². The van der Waals surface area contributed by atoms with Gasteiger partial charge >= 0.3 is 0 Å². The molecule has 1 aromatic rings. The first kappa shape index (κ1) is 17.9. The lowest BCUT2D eigenvalue weighted by molar-refractivity contribution is -0.0124. The van der Waals surface area contributed by atoms with Crippen molar-refractivity contribution in [1.29, 1.82) is 0 Å². The molecule has 1 unspecified atom stereocenters. The molecular weight excluding hydrogens is 316 g/mol. The molecule has 2 rings (SSSR count). The molecule has 1 N–H and O–H groups in total. The van der Waals surface area contributed by atoms with E-state index in [1.54, 1.807) is 37.8 Å². The molecule has 6 nitrogen and oxygen atoms in total. The summed E-state index contributed by atoms with van der Waals surface area (Å²) in [5.74, 6) is -0.104. The first-order valence-corrected chi connectivity index (χ1v) is 9.12. The molecule has 0 spiro atoms. The van der Waals surface area contributed by atoms with E-state index in [4.69, 9.17) is 4.74 Å². The van der Waals surface area contributed by atoms with Crippen LogP contribution in [-0.2, 0) is 14.8 Å². The average Bonchev–Trinajstić information content (AvgIpc) is 2.44. The number of benzene rings is 1. The summed E-state index contributed by atoms with van der Waals surface area (Å²) < 4.78 is 32.5. The van der Waals surface area contributed by atoms with Gasteiger partial charge in [-0.05, 0) is 52.0 Å². The van der Waals surface area contributed by atoms with Gasteiger partial charge in [-0.25, -0.2) is 13.1 Å². The highest BCUT2D eigenvalue weighted by atomic mass is 32.2. The molecule has 1 fully saturated rings. The molecular formula is C16H24N2O4S. The van der Waals surface area contributed by atoms with Gasteiger partial charge in [0.05, 0.1) is 17.6 Å². The second-order valence-corrected chi connectivity index (χ2v) is 8.49. The first-order valence-electron chi connectivity index (χ1n) is 7.63. The fraction of sp³-hybridized carbons (Fsp3) is 0.562. The summed E-state index contributed by atoms with van der Waals surface area (Å²) in [6.45, 7) is 8.88. The van der Waals surface area contributed by atoms with Crippen LogP contribution in [0.3, 0.4) is 0 Å². The van der Waals surface area contributed by atoms with E-state index in [1.807, 2.05) is 6.92 Å². The molecule has 1 aromatic carbocycles. The van der Waals surface area contributed by atoms with Crippen LogP contribution in [0.15, 0.2) is 29.2 Å². The van der Waals surface area contributed by atoms with E-state index in [2.05, 4.69) is 4.72 Å². The highest BCUT2D eigenvalue weighted by Gasteiger charge is 2.24. The van der Waals surface area contributed by atoms with Crippen molar-refractivity contribution >= 4 is 15.9 Å². The molecule has 1 heterocycles. The van der Waals surface area contributed by atoms with Gasteiger partial charge in [0, 0.05) is 24.2 Å². The molecule has 0 saturated carbocycles. The normalized spacial score (nSPS) is 19.7. The number of carbonyl (C=O) groups is 1. The van der Waals surface area contributed by atoms with Crippen LogP contribution in [0.4, 0.5) is 0 Å². The molecule has 0 aliphatic carbocycles. The monoisotopic (exact) mass is 340 g/mol. The Morgan fingerprint density at radius 1 is 1.26 bits per heavy atom. The number of morpholine rings is 1. The van der Waals surface area contributed by atoms with Gasteiger partial charge in [0.15, 0.2) is 0 Å². The molecule has 23 heavy (non-hydrogen) atoms. The fourth-order valence-electron chi connectivity index (χ4n) is 2.42. The molecule has 1 atom stereocenters. The largest absolute Gasteiger partial charge is 0.375 e. The molecule has 1 aliphatic heterocycles. The smallest absolute Gasteiger partial charge is 0.254 e. The second-order valence-electron chi connectivity index (χ2n) is 6.81. The summed E-state index contributed by atoms with van der Waals surface area (Å²) in [4.78, 5) is 14.3. The Bertz CT molecular complexity index is 662. The third-order valence-corrected chi connectivity index (χ3v) is 5.15. The number of hydrogen-bond donors (Lipinski definition) is 1. The molecule has 0 aromatic heterocycles. The Hall–Kier alpha value is -1.44. The Labute approximate surface area is 137 Å². The third kappa shape index (κ3) is 4.76. The number of hydrogen-bond acceptors (Lipinski definition) is 4. The third-order valence-electron chi connectivity index (χ3n) is 3.38. The van der Waals surface area contributed by atoms with Crippen LogP contribution < -0.4 is 4.72 Å². The summed E-state index contributed by atoms with van der Waals surface area (Å²) in [5.41, 5.74) is -0.0779. The molecule has 0 radical (unpaired) electrons. The van der Waals surface area contributed by atoms with Gasteiger partial charge in [-0.3, -0.25) is 4.79 Å². The second kappa shape index (κ2) is 6.59. The zero-order valence-corrected chi connectivity index (χ0v) is 14.8. The molecule has 128 valence electrons.